The summed E-state index contributed by atoms with van der Waals surface area (Å²) in [5.74, 6) is 2.09. The van der Waals surface area contributed by atoms with Crippen LogP contribution in [0.4, 0.5) is 0 Å². The van der Waals surface area contributed by atoms with Gasteiger partial charge >= 0.3 is 0 Å². The molecule has 0 heterocycles. The van der Waals surface area contributed by atoms with Crippen molar-refractivity contribution in [2.45, 2.75) is 97.8 Å². The van der Waals surface area contributed by atoms with Gasteiger partial charge in [-0.15, -0.1) is 0 Å². The molecule has 0 aliphatic heterocycles. The largest absolute Gasteiger partial charge is 0.282 e. The van der Waals surface area contributed by atoms with Gasteiger partial charge in [0.2, 0.25) is 0 Å². The van der Waals surface area contributed by atoms with E-state index in [0.717, 1.165) is 36.0 Å². The fourth-order valence-corrected chi connectivity index (χ4v) is 10.7. The van der Waals surface area contributed by atoms with Crippen LogP contribution in [0.5, 0.6) is 0 Å². The molecule has 0 aromatic heterocycles. The lowest BCUT2D eigenvalue weighted by atomic mass is 9.65. The maximum absolute atomic E-state index is 9.69. The maximum atomic E-state index is 9.69. The number of fused-ring (bicyclic) bond motifs is 8. The molecule has 1 N–H and O–H groups in total. The second kappa shape index (κ2) is 14.1. The molecule has 5 aromatic rings. The van der Waals surface area contributed by atoms with Gasteiger partial charge in [0, 0.05) is 22.8 Å². The number of allylic oxidation sites excluding steroid dienone is 4. The topological polar surface area (TPSA) is 48.6 Å². The fraction of sp³-hybridized carbons (Fsp3) is 0.339. The van der Waals surface area contributed by atoms with Gasteiger partial charge < -0.3 is 0 Å². The summed E-state index contributed by atoms with van der Waals surface area (Å²) in [6, 6.07) is 41.6. The van der Waals surface area contributed by atoms with Crippen molar-refractivity contribution in [3.63, 3.8) is 0 Å². The lowest BCUT2D eigenvalue weighted by Crippen LogP contribution is -2.35. The number of benzene rings is 5. The Balaban J connectivity index is 1.29. The lowest BCUT2D eigenvalue weighted by Gasteiger charge is -2.37. The number of nitrogens with one attached hydrogen (secondary N) is 1. The zero-order chi connectivity index (χ0) is 41.5. The number of nitrogens with zero attached hydrogens (tertiary/aromatic N) is 2. The third-order valence-corrected chi connectivity index (χ3v) is 14.2. The molecule has 3 heteroatoms. The number of amidine groups is 2. The summed E-state index contributed by atoms with van der Waals surface area (Å²) in [7, 11) is 0. The summed E-state index contributed by atoms with van der Waals surface area (Å²) in [6.45, 7) is 21.4. The minimum atomic E-state index is -0.299. The van der Waals surface area contributed by atoms with Gasteiger partial charge in [0.25, 0.3) is 0 Å². The molecule has 4 aliphatic carbocycles. The minimum absolute atomic E-state index is 0.0120. The molecular weight excluding hydrogens is 715 g/mol. The lowest BCUT2D eigenvalue weighted by molar-refractivity contribution is 0.401. The highest BCUT2D eigenvalue weighted by Crippen LogP contribution is 2.73. The molecule has 1 fully saturated rings. The molecule has 0 amide bonds. The van der Waals surface area contributed by atoms with Crippen molar-refractivity contribution in [2.24, 2.45) is 33.2 Å². The molecule has 9 rings (SSSR count). The highest BCUT2D eigenvalue weighted by Gasteiger charge is 2.68. The maximum Gasteiger partial charge on any atom is 0.161 e. The molecule has 298 valence electrons. The van der Waals surface area contributed by atoms with Crippen molar-refractivity contribution in [3.8, 4) is 11.1 Å². The first-order valence-corrected chi connectivity index (χ1v) is 21.8. The zero-order valence-electron chi connectivity index (χ0n) is 36.4. The van der Waals surface area contributed by atoms with Crippen LogP contribution in [-0.2, 0) is 29.1 Å². The van der Waals surface area contributed by atoms with Crippen LogP contribution in [-0.4, -0.2) is 17.9 Å². The molecule has 1 spiro atoms. The summed E-state index contributed by atoms with van der Waals surface area (Å²) >= 11 is 0. The summed E-state index contributed by atoms with van der Waals surface area (Å²) in [5.41, 5.74) is 16.9. The molecule has 0 saturated heterocycles. The quantitative estimate of drug-likeness (QED) is 0.137. The highest BCUT2D eigenvalue weighted by molar-refractivity contribution is 6.13. The van der Waals surface area contributed by atoms with E-state index in [9.17, 15) is 5.41 Å². The van der Waals surface area contributed by atoms with Crippen LogP contribution >= 0.6 is 0 Å². The number of rotatable bonds is 5. The van der Waals surface area contributed by atoms with Crippen LogP contribution in [0.25, 0.3) is 11.1 Å². The van der Waals surface area contributed by atoms with Gasteiger partial charge in [-0.3, -0.25) is 5.41 Å². The van der Waals surface area contributed by atoms with Crippen molar-refractivity contribution in [1.82, 2.24) is 0 Å². The van der Waals surface area contributed by atoms with E-state index in [1.54, 1.807) is 11.1 Å². The van der Waals surface area contributed by atoms with Gasteiger partial charge in [0.1, 0.15) is 0 Å². The third kappa shape index (κ3) is 6.62. The molecule has 4 unspecified atom stereocenters. The first kappa shape index (κ1) is 39.1. The molecule has 3 nitrogen and oxygen atoms in total. The standard InChI is InChI=1S/C56H59N3/c1-10-55(8,9)44-22-17-23-45-48(44)42-28-25-39(51(57)59-52(36-20-15-12-16-21-36)58-34-35-18-13-11-14-19-35)32-46(42)56(45)33-40-31-41(53(2,3)4)27-24-37(40)30-38-26-29-43(54(5,6)7)49-47(38)50(49)56/h11-29,31-32,34,47,49-50,57H,10,30,33H2,1-9H3. The molecule has 0 radical (unpaired) electrons. The van der Waals surface area contributed by atoms with E-state index in [1.165, 1.54) is 44.5 Å². The normalized spacial score (nSPS) is 22.1. The van der Waals surface area contributed by atoms with Crippen LogP contribution in [0.3, 0.4) is 0 Å². The van der Waals surface area contributed by atoms with Crippen LogP contribution in [0, 0.1) is 28.6 Å². The summed E-state index contributed by atoms with van der Waals surface area (Å²) < 4.78 is 0. The van der Waals surface area contributed by atoms with Crippen molar-refractivity contribution in [1.29, 1.82) is 5.41 Å². The van der Waals surface area contributed by atoms with Crippen LogP contribution in [0.2, 0.25) is 0 Å². The Hall–Kier alpha value is -5.41. The van der Waals surface area contributed by atoms with Crippen molar-refractivity contribution < 1.29 is 0 Å². The van der Waals surface area contributed by atoms with E-state index in [0.29, 0.717) is 23.6 Å². The van der Waals surface area contributed by atoms with Crippen LogP contribution in [0.1, 0.15) is 119 Å². The molecule has 5 aromatic carbocycles. The monoisotopic (exact) mass is 773 g/mol. The Morgan fingerprint density at radius 2 is 1.44 bits per heavy atom. The van der Waals surface area contributed by atoms with E-state index in [-0.39, 0.29) is 27.5 Å². The highest BCUT2D eigenvalue weighted by atomic mass is 14.9. The first-order valence-electron chi connectivity index (χ1n) is 21.8. The van der Waals surface area contributed by atoms with Gasteiger partial charge in [-0.2, -0.15) is 0 Å². The van der Waals surface area contributed by atoms with Gasteiger partial charge in [-0.05, 0) is 109 Å². The number of hydrogen-bond donors (Lipinski definition) is 1. The fourth-order valence-electron chi connectivity index (χ4n) is 10.7. The van der Waals surface area contributed by atoms with Gasteiger partial charge in [0.05, 0.1) is 0 Å². The van der Waals surface area contributed by atoms with E-state index in [1.807, 2.05) is 66.9 Å². The van der Waals surface area contributed by atoms with E-state index < -0.39 is 0 Å². The summed E-state index contributed by atoms with van der Waals surface area (Å²) in [4.78, 5) is 9.93. The Morgan fingerprint density at radius 1 is 0.712 bits per heavy atom. The molecule has 4 atom stereocenters. The number of hydrogen-bond acceptors (Lipinski definition) is 1. The first-order chi connectivity index (χ1) is 28.1. The van der Waals surface area contributed by atoms with E-state index in [4.69, 9.17) is 9.98 Å². The molecule has 0 bridgehead atoms. The number of aliphatic imine (C=N–C) groups is 2. The SMILES string of the molecule is CCC(C)(C)c1cccc2c1-c1ccc(C(=N)N=C(N=Cc3ccccc3)c3ccccc3)cc1C21Cc2cc(C(C)(C)C)ccc2CC2=CC=C(C(C)(C)C)C3C2C31. The Bertz CT molecular complexity index is 2600. The van der Waals surface area contributed by atoms with Crippen molar-refractivity contribution >= 4 is 17.9 Å². The van der Waals surface area contributed by atoms with Crippen LogP contribution in [0.15, 0.2) is 149 Å². The summed E-state index contributed by atoms with van der Waals surface area (Å²) in [5, 5.41) is 9.69. The molecule has 4 aliphatic rings. The molecule has 1 saturated carbocycles. The minimum Gasteiger partial charge on any atom is -0.282 e. The van der Waals surface area contributed by atoms with Crippen molar-refractivity contribution in [3.05, 3.63) is 189 Å². The molecular formula is C56H59N3. The average Bonchev–Trinajstić information content (AvgIpc) is 3.90. The second-order valence-corrected chi connectivity index (χ2v) is 20.3. The zero-order valence-corrected chi connectivity index (χ0v) is 36.4. The predicted molar refractivity (Wildman–Crippen MR) is 248 cm³/mol. The predicted octanol–water partition coefficient (Wildman–Crippen LogP) is 13.4. The Kier molecular flexibility index (Phi) is 9.35. The van der Waals surface area contributed by atoms with Crippen molar-refractivity contribution in [2.75, 3.05) is 0 Å². The van der Waals surface area contributed by atoms with E-state index in [2.05, 4.69) is 129 Å². The second-order valence-electron chi connectivity index (χ2n) is 20.3. The third-order valence-electron chi connectivity index (χ3n) is 14.2. The van der Waals surface area contributed by atoms with Gasteiger partial charge in [-0.1, -0.05) is 195 Å². The molecule has 59 heavy (non-hydrogen) atoms. The van der Waals surface area contributed by atoms with Gasteiger partial charge in [-0.25, -0.2) is 9.98 Å². The van der Waals surface area contributed by atoms with Crippen LogP contribution < -0.4 is 0 Å². The Morgan fingerprint density at radius 3 is 2.14 bits per heavy atom. The Labute approximate surface area is 352 Å². The summed E-state index contributed by atoms with van der Waals surface area (Å²) in [6.07, 6.45) is 9.83. The smallest absolute Gasteiger partial charge is 0.161 e. The van der Waals surface area contributed by atoms with E-state index >= 15 is 0 Å². The van der Waals surface area contributed by atoms with Gasteiger partial charge in [0.15, 0.2) is 11.7 Å². The average molecular weight is 774 g/mol.